The number of benzene rings is 1. The number of sulfonamides is 1. The molecule has 1 atom stereocenters. The van der Waals surface area contributed by atoms with Crippen molar-refractivity contribution in [2.45, 2.75) is 16.9 Å². The van der Waals surface area contributed by atoms with Crippen LogP contribution >= 0.6 is 23.2 Å². The zero-order chi connectivity index (χ0) is 14.1. The van der Waals surface area contributed by atoms with Crippen LogP contribution in [0.15, 0.2) is 23.1 Å². The third-order valence-corrected chi connectivity index (χ3v) is 5.38. The summed E-state index contributed by atoms with van der Waals surface area (Å²) in [6, 6.07) is 6.44. The molecule has 5 nitrogen and oxygen atoms in total. The zero-order valence-electron chi connectivity index (χ0n) is 9.78. The van der Waals surface area contributed by atoms with Crippen LogP contribution in [-0.2, 0) is 10.0 Å². The molecule has 1 saturated heterocycles. The normalized spacial score (nSPS) is 23.2. The van der Waals surface area contributed by atoms with Gasteiger partial charge in [-0.2, -0.15) is 9.98 Å². The molecule has 19 heavy (non-hydrogen) atoms. The van der Waals surface area contributed by atoms with E-state index in [9.17, 15) is 13.7 Å². The summed E-state index contributed by atoms with van der Waals surface area (Å²) < 4.78 is 27.1. The Morgan fingerprint density at radius 1 is 1.37 bits per heavy atom. The molecule has 1 fully saturated rings. The topological polar surface area (TPSA) is 82.0 Å². The number of hydrogen-bond acceptors (Lipinski definition) is 4. The third kappa shape index (κ3) is 2.86. The van der Waals surface area contributed by atoms with Crippen molar-refractivity contribution in [3.05, 3.63) is 28.2 Å². The van der Waals surface area contributed by atoms with Crippen molar-refractivity contribution < 1.29 is 8.42 Å². The fraction of sp³-hybridized carbons (Fsp3) is 0.364. The van der Waals surface area contributed by atoms with Gasteiger partial charge in [0.1, 0.15) is 10.4 Å². The Hall–Kier alpha value is -0.840. The minimum Gasteiger partial charge on any atom is -0.314 e. The fourth-order valence-corrected chi connectivity index (χ4v) is 4.44. The van der Waals surface area contributed by atoms with Crippen molar-refractivity contribution in [2.75, 3.05) is 13.1 Å². The summed E-state index contributed by atoms with van der Waals surface area (Å²) in [6.45, 7) is 0.830. The van der Waals surface area contributed by atoms with Crippen LogP contribution in [0.2, 0.25) is 10.0 Å². The second-order valence-electron chi connectivity index (χ2n) is 4.28. The Balaban J connectivity index is 2.42. The number of halogens is 2. The molecule has 8 heteroatoms. The first kappa shape index (κ1) is 14.6. The van der Waals surface area contributed by atoms with E-state index in [2.05, 4.69) is 10.0 Å². The van der Waals surface area contributed by atoms with Crippen molar-refractivity contribution >= 4 is 33.2 Å². The summed E-state index contributed by atoms with van der Waals surface area (Å²) in [5, 5.41) is 12.2. The van der Waals surface area contributed by atoms with Crippen LogP contribution in [0.25, 0.3) is 0 Å². The van der Waals surface area contributed by atoms with E-state index in [-0.39, 0.29) is 21.5 Å². The van der Waals surface area contributed by atoms with Gasteiger partial charge in [0.2, 0.25) is 10.0 Å². The van der Waals surface area contributed by atoms with Gasteiger partial charge < -0.3 is 5.32 Å². The van der Waals surface area contributed by atoms with Crippen LogP contribution in [0, 0.1) is 11.3 Å². The van der Waals surface area contributed by atoms with Gasteiger partial charge >= 0.3 is 0 Å². The van der Waals surface area contributed by atoms with E-state index in [1.165, 1.54) is 12.1 Å². The summed E-state index contributed by atoms with van der Waals surface area (Å²) in [4.78, 5) is -0.195. The first-order valence-electron chi connectivity index (χ1n) is 5.50. The van der Waals surface area contributed by atoms with Crippen molar-refractivity contribution in [3.63, 3.8) is 0 Å². The summed E-state index contributed by atoms with van der Waals surface area (Å²) in [5.41, 5.74) is -1.15. The molecule has 0 amide bonds. The summed E-state index contributed by atoms with van der Waals surface area (Å²) >= 11 is 11.8. The van der Waals surface area contributed by atoms with Crippen LogP contribution in [0.4, 0.5) is 0 Å². The van der Waals surface area contributed by atoms with Crippen molar-refractivity contribution in [1.29, 1.82) is 5.26 Å². The Kier molecular flexibility index (Phi) is 4.04. The molecule has 0 bridgehead atoms. The molecule has 1 heterocycles. The van der Waals surface area contributed by atoms with Gasteiger partial charge in [-0.1, -0.05) is 29.3 Å². The SMILES string of the molecule is N#C[C@@]1(NS(=O)(=O)c2c(Cl)cccc2Cl)CCNC1. The van der Waals surface area contributed by atoms with Gasteiger partial charge in [0.25, 0.3) is 0 Å². The van der Waals surface area contributed by atoms with Crippen LogP contribution < -0.4 is 10.0 Å². The van der Waals surface area contributed by atoms with Crippen LogP contribution in [0.3, 0.4) is 0 Å². The lowest BCUT2D eigenvalue weighted by Gasteiger charge is -2.21. The predicted octanol–water partition coefficient (Wildman–Crippen LogP) is 1.53. The maximum absolute atomic E-state index is 12.3. The molecule has 0 radical (unpaired) electrons. The molecule has 0 spiro atoms. The van der Waals surface area contributed by atoms with E-state index in [0.717, 1.165) is 0 Å². The van der Waals surface area contributed by atoms with Crippen molar-refractivity contribution in [1.82, 2.24) is 10.0 Å². The zero-order valence-corrected chi connectivity index (χ0v) is 12.1. The molecule has 1 aromatic rings. The molecule has 0 aliphatic carbocycles. The standard InChI is InChI=1S/C11H11Cl2N3O2S/c12-8-2-1-3-9(13)10(8)19(17,18)16-11(6-14)4-5-15-7-11/h1-3,15-16H,4-5,7H2/t11-/m0/s1. The lowest BCUT2D eigenvalue weighted by atomic mass is 10.0. The number of nitrogens with one attached hydrogen (secondary N) is 2. The molecule has 1 aromatic carbocycles. The maximum Gasteiger partial charge on any atom is 0.244 e. The van der Waals surface area contributed by atoms with Gasteiger partial charge in [-0.3, -0.25) is 0 Å². The number of rotatable bonds is 3. The van der Waals surface area contributed by atoms with Crippen LogP contribution in [-0.4, -0.2) is 27.0 Å². The molecule has 0 unspecified atom stereocenters. The summed E-state index contributed by atoms with van der Waals surface area (Å²) in [5.74, 6) is 0. The Morgan fingerprint density at radius 2 is 2.00 bits per heavy atom. The number of hydrogen-bond donors (Lipinski definition) is 2. The monoisotopic (exact) mass is 319 g/mol. The second-order valence-corrected chi connectivity index (χ2v) is 6.71. The molecular formula is C11H11Cl2N3O2S. The van der Waals surface area contributed by atoms with Gasteiger partial charge in [0, 0.05) is 6.54 Å². The lowest BCUT2D eigenvalue weighted by Crippen LogP contribution is -2.48. The van der Waals surface area contributed by atoms with E-state index in [1.807, 2.05) is 6.07 Å². The molecule has 2 N–H and O–H groups in total. The van der Waals surface area contributed by atoms with Gasteiger partial charge in [0.15, 0.2) is 0 Å². The highest BCUT2D eigenvalue weighted by Gasteiger charge is 2.39. The van der Waals surface area contributed by atoms with Crippen LogP contribution in [0.1, 0.15) is 6.42 Å². The van der Waals surface area contributed by atoms with Gasteiger partial charge in [-0.15, -0.1) is 0 Å². The largest absolute Gasteiger partial charge is 0.314 e. The highest BCUT2D eigenvalue weighted by Crippen LogP contribution is 2.30. The minimum absolute atomic E-state index is 0.0269. The molecule has 2 rings (SSSR count). The molecule has 1 aliphatic heterocycles. The van der Waals surface area contributed by atoms with Gasteiger partial charge in [-0.25, -0.2) is 8.42 Å². The first-order chi connectivity index (χ1) is 8.90. The van der Waals surface area contributed by atoms with E-state index in [0.29, 0.717) is 13.0 Å². The van der Waals surface area contributed by atoms with E-state index in [4.69, 9.17) is 23.2 Å². The molecule has 102 valence electrons. The maximum atomic E-state index is 12.3. The number of nitriles is 1. The minimum atomic E-state index is -3.95. The second kappa shape index (κ2) is 5.27. The quantitative estimate of drug-likeness (QED) is 0.885. The van der Waals surface area contributed by atoms with Crippen LogP contribution in [0.5, 0.6) is 0 Å². The highest BCUT2D eigenvalue weighted by atomic mass is 35.5. The average molecular weight is 320 g/mol. The predicted molar refractivity (Wildman–Crippen MR) is 72.6 cm³/mol. The molecular weight excluding hydrogens is 309 g/mol. The average Bonchev–Trinajstić information content (AvgIpc) is 2.77. The van der Waals surface area contributed by atoms with Crippen molar-refractivity contribution in [2.24, 2.45) is 0 Å². The first-order valence-corrected chi connectivity index (χ1v) is 7.74. The smallest absolute Gasteiger partial charge is 0.244 e. The fourth-order valence-electron chi connectivity index (χ4n) is 1.94. The summed E-state index contributed by atoms with van der Waals surface area (Å²) in [6.07, 6.45) is 0.394. The van der Waals surface area contributed by atoms with Gasteiger partial charge in [0.05, 0.1) is 16.1 Å². The van der Waals surface area contributed by atoms with E-state index < -0.39 is 15.6 Å². The van der Waals surface area contributed by atoms with E-state index in [1.54, 1.807) is 6.07 Å². The Bertz CT molecular complexity index is 614. The number of nitrogens with zero attached hydrogens (tertiary/aromatic N) is 1. The molecule has 0 saturated carbocycles. The molecule has 0 aromatic heterocycles. The third-order valence-electron chi connectivity index (χ3n) is 2.89. The Morgan fingerprint density at radius 3 is 2.47 bits per heavy atom. The highest BCUT2D eigenvalue weighted by molar-refractivity contribution is 7.89. The lowest BCUT2D eigenvalue weighted by molar-refractivity contribution is 0.506. The van der Waals surface area contributed by atoms with Gasteiger partial charge in [-0.05, 0) is 25.1 Å². The van der Waals surface area contributed by atoms with E-state index >= 15 is 0 Å². The Labute approximate surface area is 121 Å². The summed E-state index contributed by atoms with van der Waals surface area (Å²) in [7, 11) is -3.95. The molecule has 1 aliphatic rings. The van der Waals surface area contributed by atoms with Crippen molar-refractivity contribution in [3.8, 4) is 6.07 Å².